The molecule has 0 fully saturated rings. The first-order chi connectivity index (χ1) is 65.5. The number of H-pyrrole nitrogens is 1. The molecule has 5 aromatic carbocycles. The van der Waals surface area contributed by atoms with Gasteiger partial charge in [0.15, 0.2) is 67.6 Å². The quantitative estimate of drug-likeness (QED) is 0.00568. The molecule has 0 atom stereocenters. The molecule has 0 aliphatic rings. The van der Waals surface area contributed by atoms with Crippen LogP contribution in [0.1, 0.15) is 148 Å². The average molecular weight is 2290 g/mol. The van der Waals surface area contributed by atoms with Crippen LogP contribution in [-0.2, 0) is 72.3 Å². The van der Waals surface area contributed by atoms with Crippen molar-refractivity contribution < 1.29 is 40.8 Å². The van der Waals surface area contributed by atoms with Crippen molar-refractivity contribution in [3.8, 4) is 0 Å². The molecule has 0 spiro atoms. The molecule has 0 aliphatic heterocycles. The van der Waals surface area contributed by atoms with Gasteiger partial charge >= 0.3 is 23.4 Å². The van der Waals surface area contributed by atoms with Crippen LogP contribution in [0.5, 0.6) is 0 Å². The van der Waals surface area contributed by atoms with Crippen LogP contribution in [0, 0.1) is 0 Å². The lowest BCUT2D eigenvalue weighted by atomic mass is 10.2. The Morgan fingerprint density at radius 1 is 0.412 bits per heavy atom. The summed E-state index contributed by atoms with van der Waals surface area (Å²) in [5.74, 6) is 3.18. The zero-order valence-corrected chi connectivity index (χ0v) is 89.4. The van der Waals surface area contributed by atoms with Crippen LogP contribution >= 0.6 is 126 Å². The molecule has 0 amide bonds. The summed E-state index contributed by atoms with van der Waals surface area (Å²) in [6, 6.07) is 39.2. The maximum atomic E-state index is 13.1. The van der Waals surface area contributed by atoms with Crippen molar-refractivity contribution in [2.75, 3.05) is 110 Å². The molecular weight excluding hydrogens is 2170 g/mol. The predicted molar refractivity (Wildman–Crippen MR) is 563 cm³/mol. The molecule has 0 saturated heterocycles. The minimum Gasteiger partial charge on any atom is -0.382 e. The summed E-state index contributed by atoms with van der Waals surface area (Å²) in [6.45, 7) is 26.8. The zero-order chi connectivity index (χ0) is 98.7. The first-order valence-corrected chi connectivity index (χ1v) is 53.1. The van der Waals surface area contributed by atoms with Gasteiger partial charge in [-0.1, -0.05) is 178 Å². The van der Waals surface area contributed by atoms with Gasteiger partial charge in [-0.05, 0) is 201 Å². The molecule has 15 rings (SSSR count). The van der Waals surface area contributed by atoms with Gasteiger partial charge in [-0.15, -0.1) is 9.05 Å². The average Bonchev–Trinajstić information content (AvgIpc) is 1.62. The summed E-state index contributed by atoms with van der Waals surface area (Å²) < 4.78 is 79.1. The molecule has 136 heavy (non-hydrogen) atoms. The number of benzene rings is 5. The maximum Gasteiger partial charge on any atom is 0.697 e. The van der Waals surface area contributed by atoms with Crippen molar-refractivity contribution in [1.82, 2.24) is 98.0 Å². The van der Waals surface area contributed by atoms with Crippen LogP contribution in [0.4, 0.5) is 46.9 Å². The number of imidazole rings is 5. The molecule has 16 N–H and O–H groups in total. The SMILES string of the molecule is BrCc1cccc(Br)c1.CCCCN.CCCCNc1nc(N)c2nc(Br)n(Cc3cccc(P(=O)(OCC)OCC)c3)c2n1.CCCCNc1nc(N)c2ncn(Cc3cccc(Br)c3)c2n1.CCCCNc1nc(N)c2ncn(Cc3cccc(P(=O)(OCC)OCC)c3)c2n1.CCO[P+](=O)OCC.Nc1nc(Cl)nc2c1ncn2Cc1cccc(Br)c1.Nc1nc(Cl)nc2nc[nH]c12. The van der Waals surface area contributed by atoms with E-state index in [0.717, 1.165) is 111 Å². The summed E-state index contributed by atoms with van der Waals surface area (Å²) in [7, 11) is -8.55. The monoisotopic (exact) mass is 2280 g/mol. The number of aromatic nitrogens is 20. The Kier molecular flexibility index (Phi) is 48.0. The Morgan fingerprint density at radius 3 is 1.15 bits per heavy atom. The van der Waals surface area contributed by atoms with E-state index in [9.17, 15) is 13.7 Å². The number of alkyl halides is 1. The van der Waals surface area contributed by atoms with E-state index in [-0.39, 0.29) is 10.6 Å². The first-order valence-electron chi connectivity index (χ1n) is 43.9. The molecule has 0 unspecified atom stereocenters. The second kappa shape index (κ2) is 58.4. The Labute approximate surface area is 843 Å². The Hall–Kier alpha value is -9.49. The highest BCUT2D eigenvalue weighted by molar-refractivity contribution is 9.11. The fourth-order valence-corrected chi connectivity index (χ4v) is 18.7. The van der Waals surface area contributed by atoms with Crippen molar-refractivity contribution in [1.29, 1.82) is 0 Å². The van der Waals surface area contributed by atoms with E-state index in [1.165, 1.54) is 24.7 Å². The zero-order valence-electron chi connectivity index (χ0n) is 77.2. The van der Waals surface area contributed by atoms with Gasteiger partial charge < -0.3 is 87.1 Å². The number of nitrogen functional groups attached to an aromatic ring is 5. The van der Waals surface area contributed by atoms with E-state index in [2.05, 4.69) is 236 Å². The number of halogens is 7. The summed E-state index contributed by atoms with van der Waals surface area (Å²) in [6.07, 6.45) is 15.4. The Balaban J connectivity index is 0.000000202. The molecule has 0 aliphatic carbocycles. The highest BCUT2D eigenvalue weighted by atomic mass is 79.9. The van der Waals surface area contributed by atoms with Crippen molar-refractivity contribution in [2.24, 2.45) is 5.73 Å². The van der Waals surface area contributed by atoms with Crippen molar-refractivity contribution in [3.63, 3.8) is 0 Å². The van der Waals surface area contributed by atoms with Crippen LogP contribution in [0.25, 0.3) is 55.8 Å². The second-order valence-electron chi connectivity index (χ2n) is 29.0. The van der Waals surface area contributed by atoms with Crippen molar-refractivity contribution in [3.05, 3.63) is 203 Å². The first kappa shape index (κ1) is 112. The van der Waals surface area contributed by atoms with E-state index >= 15 is 0 Å². The molecule has 0 bridgehead atoms. The largest absolute Gasteiger partial charge is 0.697 e. The normalized spacial score (nSPS) is 11.1. The van der Waals surface area contributed by atoms with Crippen molar-refractivity contribution in [2.45, 2.75) is 152 Å². The number of hydrogen-bond acceptors (Lipinski definition) is 33. The number of nitrogens with zero attached hydrogens (tertiary/aromatic N) is 19. The molecule has 10 aromatic heterocycles. The van der Waals surface area contributed by atoms with E-state index in [1.807, 2.05) is 103 Å². The number of unbranched alkanes of at least 4 members (excludes halogenated alkanes) is 4. The van der Waals surface area contributed by atoms with Gasteiger partial charge in [0.1, 0.15) is 35.3 Å². The summed E-state index contributed by atoms with van der Waals surface area (Å²) in [5.41, 5.74) is 46.1. The minimum atomic E-state index is -3.37. The highest BCUT2D eigenvalue weighted by Crippen LogP contribution is 2.48. The van der Waals surface area contributed by atoms with Crippen LogP contribution in [0.3, 0.4) is 0 Å². The number of aromatic amines is 1. The molecule has 38 nitrogen and oxygen atoms in total. The number of fused-ring (bicyclic) bond motifs is 5. The minimum absolute atomic E-state index is 0.113. The standard InChI is InChI=1S/C20H28BrN6O3P.C20H29N6O3P.C16H19BrN6.C12H9BrClN5.C7H6Br2.C5H4ClN5.C4H11N.C4H10O3P/c1-4-7-11-23-20-25-17(22)16-18(26-20)27(19(21)24-16)13-14-9-8-10-15(12-14)31(28,29-5-2)30-6-3;1-4-7-11-22-20-24-18(21)17-19(25-20)26(14-23-17)13-15-9-8-10-16(12-15)30(27,28-5-2)29-6-3;1-2-3-7-19-16-21-14(18)13-15(22-16)23(10-20-13)9-11-5-4-6-12(17)8-11;13-8-3-1-2-7(4-8)5-19-6-16-9-10(15)17-12(14)18-11(9)19;8-5-6-2-1-3-7(9)4-6;6-5-10-3(7)2-4(11-5)9-1-8-2;1-2-3-4-5;1-3-6-8(5)7-4-2/h8-10,12H,4-7,11,13H2,1-3H3,(H3,22,23,25,26);8-10,12,14H,4-7,11,13H2,1-3H3,(H3,21,22,24,25);4-6,8,10H,2-3,7,9H2,1H3,(H3,18,19,21,22);1-4,6H,5H2,(H2,15,17,18);1-4H,5H2;1H,(H3,7,8,9,10,11);2-5H2,1H3;3-4H2,1-2H3/q;;;;;;;+1. The highest BCUT2D eigenvalue weighted by Gasteiger charge is 2.29. The van der Waals surface area contributed by atoms with E-state index < -0.39 is 23.4 Å². The van der Waals surface area contributed by atoms with Crippen LogP contribution in [0.15, 0.2) is 165 Å². The molecule has 0 saturated carbocycles. The van der Waals surface area contributed by atoms with Crippen LogP contribution in [-0.4, -0.2) is 164 Å². The number of anilines is 8. The van der Waals surface area contributed by atoms with Gasteiger partial charge in [0, 0.05) is 42.9 Å². The number of nitrogens with one attached hydrogen (secondary N) is 4. The summed E-state index contributed by atoms with van der Waals surface area (Å²) >= 11 is 28.6. The van der Waals surface area contributed by atoms with E-state index in [4.69, 9.17) is 75.7 Å². The molecule has 0 radical (unpaired) electrons. The maximum absolute atomic E-state index is 13.1. The molecule has 48 heteroatoms. The molecule has 730 valence electrons. The van der Waals surface area contributed by atoms with Gasteiger partial charge in [0.05, 0.1) is 88.5 Å². The number of nitrogens with two attached hydrogens (primary N) is 6. The van der Waals surface area contributed by atoms with Gasteiger partial charge in [-0.25, -0.2) is 24.9 Å². The third-order valence-corrected chi connectivity index (χ3v) is 26.9. The van der Waals surface area contributed by atoms with Gasteiger partial charge in [0.2, 0.25) is 28.4 Å². The predicted octanol–water partition coefficient (Wildman–Crippen LogP) is 20.6. The fraction of sp³-hybridized carbons (Fsp3) is 0.375. The third-order valence-electron chi connectivity index (χ3n) is 18.6. The molecule has 15 aromatic rings. The van der Waals surface area contributed by atoms with Crippen LogP contribution < -0.4 is 61.0 Å². The molecular formula is C88H116Br5Cl2N29O9P3+. The fourth-order valence-electron chi connectivity index (χ4n) is 12.4. The van der Waals surface area contributed by atoms with Gasteiger partial charge in [-0.3, -0.25) is 13.7 Å². The van der Waals surface area contributed by atoms with E-state index in [0.29, 0.717) is 178 Å². The lowest BCUT2D eigenvalue weighted by Gasteiger charge is -2.18. The lowest BCUT2D eigenvalue weighted by molar-refractivity contribution is 0.229. The van der Waals surface area contributed by atoms with E-state index in [1.54, 1.807) is 72.7 Å². The molecule has 10 heterocycles. The third kappa shape index (κ3) is 34.5. The second-order valence-corrected chi connectivity index (χ2v) is 38.7. The van der Waals surface area contributed by atoms with Gasteiger partial charge in [0.25, 0.3) is 0 Å². The summed E-state index contributed by atoms with van der Waals surface area (Å²) in [5, 5.41) is 11.8. The number of hydrogen-bond donors (Lipinski definition) is 10. The Morgan fingerprint density at radius 2 is 0.772 bits per heavy atom. The van der Waals surface area contributed by atoms with Crippen LogP contribution in [0.2, 0.25) is 10.6 Å². The van der Waals surface area contributed by atoms with Gasteiger partial charge in [-0.2, -0.15) is 49.8 Å². The van der Waals surface area contributed by atoms with Crippen molar-refractivity contribution >= 4 is 240 Å². The smallest absolute Gasteiger partial charge is 0.382 e. The topological polar surface area (TPSA) is 528 Å². The number of rotatable bonds is 37. The lowest BCUT2D eigenvalue weighted by Crippen LogP contribution is -2.13. The Bertz CT molecular complexity index is 6360. The summed E-state index contributed by atoms with van der Waals surface area (Å²) in [4.78, 5) is 66.4.